The number of hydrogen-bond acceptors (Lipinski definition) is 5. The van der Waals surface area contributed by atoms with Gasteiger partial charge in [-0.2, -0.15) is 0 Å². The van der Waals surface area contributed by atoms with Crippen LogP contribution < -0.4 is 9.62 Å². The largest absolute Gasteiger partial charge is 0.298 e. The number of anilines is 2. The van der Waals surface area contributed by atoms with E-state index in [-0.39, 0.29) is 10.5 Å². The van der Waals surface area contributed by atoms with Gasteiger partial charge in [-0.1, -0.05) is 61.9 Å². The molecule has 0 fully saturated rings. The molecule has 2 heterocycles. The Labute approximate surface area is 209 Å². The molecule has 1 aliphatic heterocycles. The lowest BCUT2D eigenvalue weighted by atomic mass is 10.1. The lowest BCUT2D eigenvalue weighted by molar-refractivity contribution is 0.102. The lowest BCUT2D eigenvalue weighted by Gasteiger charge is -2.19. The maximum Gasteiger partial charge on any atom is 0.264 e. The summed E-state index contributed by atoms with van der Waals surface area (Å²) >= 11 is 1.33. The maximum atomic E-state index is 13.3. The fraction of sp³-hybridized carbons (Fsp3) is 0.185. The van der Waals surface area contributed by atoms with Gasteiger partial charge in [0.1, 0.15) is 0 Å². The van der Waals surface area contributed by atoms with Crippen LogP contribution in [0.3, 0.4) is 0 Å². The van der Waals surface area contributed by atoms with Gasteiger partial charge in [-0.05, 0) is 48.2 Å². The summed E-state index contributed by atoms with van der Waals surface area (Å²) in [6.07, 6.45) is 2.81. The van der Waals surface area contributed by atoms with Crippen LogP contribution in [-0.2, 0) is 22.9 Å². The summed E-state index contributed by atoms with van der Waals surface area (Å²) in [6.45, 7) is 2.54. The van der Waals surface area contributed by atoms with E-state index in [4.69, 9.17) is 0 Å². The highest BCUT2D eigenvalue weighted by atomic mass is 32.2. The molecule has 0 spiro atoms. The monoisotopic (exact) mass is 503 g/mol. The number of nitrogens with zero attached hydrogens (tertiary/aromatic N) is 2. The summed E-state index contributed by atoms with van der Waals surface area (Å²) in [5, 5.41) is 5.17. The van der Waals surface area contributed by atoms with Gasteiger partial charge in [0.05, 0.1) is 16.3 Å². The minimum atomic E-state index is -3.78. The highest BCUT2D eigenvalue weighted by Gasteiger charge is 2.31. The third-order valence-electron chi connectivity index (χ3n) is 6.04. The molecule has 4 aromatic rings. The van der Waals surface area contributed by atoms with E-state index in [2.05, 4.69) is 29.4 Å². The molecule has 0 radical (unpaired) electrons. The second-order valence-corrected chi connectivity index (χ2v) is 11.1. The van der Waals surface area contributed by atoms with Crippen LogP contribution in [0.25, 0.3) is 11.3 Å². The highest BCUT2D eigenvalue weighted by molar-refractivity contribution is 7.92. The molecule has 0 saturated heterocycles. The topological polar surface area (TPSA) is 79.4 Å². The minimum absolute atomic E-state index is 0.0915. The Balaban J connectivity index is 1.33. The Bertz CT molecular complexity index is 1480. The Morgan fingerprint density at radius 2 is 1.86 bits per heavy atom. The number of thiazole rings is 1. The first-order valence-electron chi connectivity index (χ1n) is 11.5. The Hall–Kier alpha value is -3.49. The van der Waals surface area contributed by atoms with Crippen molar-refractivity contribution in [3.63, 3.8) is 0 Å². The van der Waals surface area contributed by atoms with Gasteiger partial charge in [0.2, 0.25) is 0 Å². The van der Waals surface area contributed by atoms with Crippen LogP contribution in [0.4, 0.5) is 10.8 Å². The van der Waals surface area contributed by atoms with E-state index in [1.165, 1.54) is 33.3 Å². The van der Waals surface area contributed by atoms with Crippen molar-refractivity contribution in [3.05, 3.63) is 94.9 Å². The summed E-state index contributed by atoms with van der Waals surface area (Å²) in [6, 6.07) is 21.9. The number of fused-ring (bicyclic) bond motifs is 1. The smallest absolute Gasteiger partial charge is 0.264 e. The molecule has 6 nitrogen and oxygen atoms in total. The first kappa shape index (κ1) is 23.3. The number of rotatable bonds is 7. The SMILES string of the molecule is CCCc1ccc(-c2csc(NC(=O)c3cccc(S(=O)(=O)N4CCc5ccccc54)c3)n2)cc1. The average molecular weight is 504 g/mol. The number of benzene rings is 3. The Kier molecular flexibility index (Phi) is 6.40. The number of sulfonamides is 1. The van der Waals surface area contributed by atoms with Gasteiger partial charge in [0.15, 0.2) is 5.13 Å². The van der Waals surface area contributed by atoms with Gasteiger partial charge < -0.3 is 0 Å². The average Bonchev–Trinajstić information content (AvgIpc) is 3.52. The van der Waals surface area contributed by atoms with Crippen LogP contribution in [0.5, 0.6) is 0 Å². The first-order chi connectivity index (χ1) is 17.0. The summed E-state index contributed by atoms with van der Waals surface area (Å²) < 4.78 is 28.1. The molecule has 1 aromatic heterocycles. The number of nitrogens with one attached hydrogen (secondary N) is 1. The van der Waals surface area contributed by atoms with Gasteiger partial charge >= 0.3 is 0 Å². The van der Waals surface area contributed by atoms with Crippen molar-refractivity contribution in [2.75, 3.05) is 16.2 Å². The molecule has 0 atom stereocenters. The highest BCUT2D eigenvalue weighted by Crippen LogP contribution is 2.33. The van der Waals surface area contributed by atoms with E-state index in [1.54, 1.807) is 12.1 Å². The van der Waals surface area contributed by atoms with Crippen molar-refractivity contribution in [2.24, 2.45) is 0 Å². The fourth-order valence-electron chi connectivity index (χ4n) is 4.25. The molecule has 5 rings (SSSR count). The molecule has 1 N–H and O–H groups in total. The molecule has 35 heavy (non-hydrogen) atoms. The van der Waals surface area contributed by atoms with E-state index in [0.29, 0.717) is 23.8 Å². The van der Waals surface area contributed by atoms with Crippen LogP contribution in [0.1, 0.15) is 34.8 Å². The van der Waals surface area contributed by atoms with Crippen LogP contribution in [-0.4, -0.2) is 25.9 Å². The predicted octanol–water partition coefficient (Wildman–Crippen LogP) is 5.77. The van der Waals surface area contributed by atoms with Crippen molar-refractivity contribution in [1.29, 1.82) is 0 Å². The first-order valence-corrected chi connectivity index (χ1v) is 13.8. The number of hydrogen-bond donors (Lipinski definition) is 1. The van der Waals surface area contributed by atoms with Crippen LogP contribution >= 0.6 is 11.3 Å². The van der Waals surface area contributed by atoms with Crippen molar-refractivity contribution in [1.82, 2.24) is 4.98 Å². The number of para-hydroxylation sites is 1. The third-order valence-corrected chi connectivity index (χ3v) is 8.61. The molecular weight excluding hydrogens is 478 g/mol. The molecule has 1 aliphatic rings. The van der Waals surface area contributed by atoms with E-state index < -0.39 is 15.9 Å². The van der Waals surface area contributed by atoms with Gasteiger partial charge in [0.25, 0.3) is 15.9 Å². The standard InChI is InChI=1S/C27H25N3O3S2/c1-2-6-19-11-13-20(14-12-19)24-18-34-27(28-24)29-26(31)22-8-5-9-23(17-22)35(32,33)30-16-15-21-7-3-4-10-25(21)30/h3-5,7-14,17-18H,2,6,15-16H2,1H3,(H,28,29,31). The number of aryl methyl sites for hydroxylation is 1. The molecule has 0 aliphatic carbocycles. The van der Waals surface area contributed by atoms with E-state index in [0.717, 1.165) is 29.7 Å². The summed E-state index contributed by atoms with van der Waals surface area (Å²) in [5.41, 5.74) is 5.02. The van der Waals surface area contributed by atoms with E-state index >= 15 is 0 Å². The zero-order chi connectivity index (χ0) is 24.4. The molecule has 178 valence electrons. The van der Waals surface area contributed by atoms with Gasteiger partial charge in [0, 0.05) is 23.1 Å². The quantitative estimate of drug-likeness (QED) is 0.347. The number of carbonyl (C=O) groups is 1. The van der Waals surface area contributed by atoms with Gasteiger partial charge in [-0.3, -0.25) is 14.4 Å². The van der Waals surface area contributed by atoms with E-state index in [1.807, 2.05) is 41.8 Å². The third kappa shape index (κ3) is 4.72. The zero-order valence-electron chi connectivity index (χ0n) is 19.3. The van der Waals surface area contributed by atoms with Crippen molar-refractivity contribution in [2.45, 2.75) is 31.1 Å². The molecule has 0 bridgehead atoms. The van der Waals surface area contributed by atoms with Crippen molar-refractivity contribution >= 4 is 38.1 Å². The van der Waals surface area contributed by atoms with Gasteiger partial charge in [-0.15, -0.1) is 11.3 Å². The molecule has 1 amide bonds. The minimum Gasteiger partial charge on any atom is -0.298 e. The maximum absolute atomic E-state index is 13.3. The van der Waals surface area contributed by atoms with Crippen LogP contribution in [0.15, 0.2) is 83.1 Å². The molecule has 8 heteroatoms. The van der Waals surface area contributed by atoms with Crippen molar-refractivity contribution in [3.8, 4) is 11.3 Å². The van der Waals surface area contributed by atoms with Crippen LogP contribution in [0.2, 0.25) is 0 Å². The van der Waals surface area contributed by atoms with Gasteiger partial charge in [-0.25, -0.2) is 13.4 Å². The Morgan fingerprint density at radius 3 is 2.66 bits per heavy atom. The molecular formula is C27H25N3O3S2. The number of aromatic nitrogens is 1. The summed E-state index contributed by atoms with van der Waals surface area (Å²) in [4.78, 5) is 17.6. The van der Waals surface area contributed by atoms with Crippen molar-refractivity contribution < 1.29 is 13.2 Å². The summed E-state index contributed by atoms with van der Waals surface area (Å²) in [5.74, 6) is -0.400. The zero-order valence-corrected chi connectivity index (χ0v) is 20.9. The number of carbonyl (C=O) groups excluding carboxylic acids is 1. The second kappa shape index (κ2) is 9.64. The molecule has 3 aromatic carbocycles. The lowest BCUT2D eigenvalue weighted by Crippen LogP contribution is -2.29. The predicted molar refractivity (Wildman–Crippen MR) is 141 cm³/mol. The second-order valence-electron chi connectivity index (χ2n) is 8.42. The molecule has 0 unspecified atom stereocenters. The van der Waals surface area contributed by atoms with E-state index in [9.17, 15) is 13.2 Å². The fourth-order valence-corrected chi connectivity index (χ4v) is 6.51. The summed E-state index contributed by atoms with van der Waals surface area (Å²) in [7, 11) is -3.78. The van der Waals surface area contributed by atoms with Crippen LogP contribution in [0, 0.1) is 0 Å². The normalized spacial score (nSPS) is 13.0. The number of amides is 1. The molecule has 0 saturated carbocycles. The Morgan fingerprint density at radius 1 is 1.06 bits per heavy atom.